The zero-order valence-corrected chi connectivity index (χ0v) is 15.8. The average Bonchev–Trinajstić information content (AvgIpc) is 2.69. The molecule has 0 fully saturated rings. The lowest BCUT2D eigenvalue weighted by Crippen LogP contribution is -2.22. The summed E-state index contributed by atoms with van der Waals surface area (Å²) in [6.07, 6.45) is 6.10. The minimum atomic E-state index is -0.0908. The Balaban J connectivity index is 1.73. The number of carbonyl (C=O) groups excluding carboxylic acids is 1. The minimum Gasteiger partial charge on any atom is -0.497 e. The number of unbranched alkanes of at least 4 members (excludes halogenated alkanes) is 4. The van der Waals surface area contributed by atoms with Gasteiger partial charge in [0.15, 0.2) is 0 Å². The largest absolute Gasteiger partial charge is 0.497 e. The first-order valence-electron chi connectivity index (χ1n) is 9.37. The molecule has 0 aliphatic heterocycles. The Morgan fingerprint density at radius 2 is 1.54 bits per heavy atom. The fourth-order valence-electron chi connectivity index (χ4n) is 2.63. The van der Waals surface area contributed by atoms with E-state index in [9.17, 15) is 4.79 Å². The Labute approximate surface area is 156 Å². The molecule has 0 saturated heterocycles. The maximum absolute atomic E-state index is 12.2. The van der Waals surface area contributed by atoms with E-state index < -0.39 is 0 Å². The van der Waals surface area contributed by atoms with Gasteiger partial charge in [-0.2, -0.15) is 0 Å². The van der Waals surface area contributed by atoms with Gasteiger partial charge in [-0.05, 0) is 48.4 Å². The molecule has 0 radical (unpaired) electrons. The number of benzene rings is 2. The molecular weight excluding hydrogens is 326 g/mol. The summed E-state index contributed by atoms with van der Waals surface area (Å²) in [6, 6.07) is 15.0. The summed E-state index contributed by atoms with van der Waals surface area (Å²) in [4.78, 5) is 12.2. The van der Waals surface area contributed by atoms with Crippen LogP contribution in [0.5, 0.6) is 11.5 Å². The van der Waals surface area contributed by atoms with Crippen molar-refractivity contribution in [3.8, 4) is 11.5 Å². The van der Waals surface area contributed by atoms with E-state index in [1.165, 1.54) is 25.7 Å². The van der Waals surface area contributed by atoms with Crippen molar-refractivity contribution >= 4 is 5.91 Å². The molecule has 0 bridgehead atoms. The van der Waals surface area contributed by atoms with E-state index >= 15 is 0 Å². The molecule has 0 saturated carbocycles. The molecule has 4 heteroatoms. The lowest BCUT2D eigenvalue weighted by Gasteiger charge is -2.08. The number of rotatable bonds is 11. The molecule has 26 heavy (non-hydrogen) atoms. The second kappa shape index (κ2) is 11.2. The molecule has 140 valence electrons. The first-order chi connectivity index (χ1) is 12.7. The van der Waals surface area contributed by atoms with Gasteiger partial charge in [0.1, 0.15) is 11.5 Å². The Bertz CT molecular complexity index is 650. The van der Waals surface area contributed by atoms with Crippen LogP contribution in [-0.4, -0.2) is 19.6 Å². The molecule has 0 spiro atoms. The highest BCUT2D eigenvalue weighted by Crippen LogP contribution is 2.14. The highest BCUT2D eigenvalue weighted by atomic mass is 16.5. The summed E-state index contributed by atoms with van der Waals surface area (Å²) < 4.78 is 10.9. The molecule has 0 heterocycles. The van der Waals surface area contributed by atoms with Crippen molar-refractivity contribution in [1.29, 1.82) is 0 Å². The molecule has 0 aliphatic rings. The Morgan fingerprint density at radius 3 is 2.19 bits per heavy atom. The highest BCUT2D eigenvalue weighted by Gasteiger charge is 2.06. The van der Waals surface area contributed by atoms with Gasteiger partial charge >= 0.3 is 0 Å². The number of hydrogen-bond donors (Lipinski definition) is 1. The van der Waals surface area contributed by atoms with Crippen LogP contribution < -0.4 is 14.8 Å². The van der Waals surface area contributed by atoms with Crippen LogP contribution in [0.2, 0.25) is 0 Å². The highest BCUT2D eigenvalue weighted by molar-refractivity contribution is 5.94. The number of amides is 1. The van der Waals surface area contributed by atoms with Gasteiger partial charge in [0.25, 0.3) is 5.91 Å². The van der Waals surface area contributed by atoms with Gasteiger partial charge in [-0.25, -0.2) is 0 Å². The van der Waals surface area contributed by atoms with Crippen molar-refractivity contribution in [3.05, 3.63) is 59.7 Å². The van der Waals surface area contributed by atoms with E-state index in [1.807, 2.05) is 36.4 Å². The van der Waals surface area contributed by atoms with E-state index in [-0.39, 0.29) is 5.91 Å². The first-order valence-corrected chi connectivity index (χ1v) is 9.37. The van der Waals surface area contributed by atoms with Crippen LogP contribution in [0, 0.1) is 0 Å². The fraction of sp³-hybridized carbons (Fsp3) is 0.409. The van der Waals surface area contributed by atoms with Crippen molar-refractivity contribution in [2.45, 2.75) is 45.6 Å². The number of methoxy groups -OCH3 is 1. The van der Waals surface area contributed by atoms with Gasteiger partial charge < -0.3 is 14.8 Å². The van der Waals surface area contributed by atoms with Crippen LogP contribution in [0.4, 0.5) is 0 Å². The summed E-state index contributed by atoms with van der Waals surface area (Å²) in [5.74, 6) is 1.53. The number of ether oxygens (including phenoxy) is 2. The van der Waals surface area contributed by atoms with Crippen molar-refractivity contribution in [2.75, 3.05) is 13.7 Å². The molecule has 0 aromatic heterocycles. The summed E-state index contributed by atoms with van der Waals surface area (Å²) >= 11 is 0. The molecule has 1 N–H and O–H groups in total. The average molecular weight is 355 g/mol. The quantitative estimate of drug-likeness (QED) is 0.579. The van der Waals surface area contributed by atoms with Crippen LogP contribution in [0.3, 0.4) is 0 Å². The van der Waals surface area contributed by atoms with Gasteiger partial charge in [0, 0.05) is 12.1 Å². The Kier molecular flexibility index (Phi) is 8.53. The standard InChI is InChI=1S/C22H29NO3/c1-3-4-5-6-7-16-26-21-14-10-19(11-15-21)22(24)23-17-18-8-12-20(25-2)13-9-18/h8-15H,3-7,16-17H2,1-2H3,(H,23,24). The van der Waals surface area contributed by atoms with Gasteiger partial charge in [-0.1, -0.05) is 44.7 Å². The van der Waals surface area contributed by atoms with Gasteiger partial charge in [-0.3, -0.25) is 4.79 Å². The predicted octanol–water partition coefficient (Wildman–Crippen LogP) is 4.97. The van der Waals surface area contributed by atoms with E-state index in [0.717, 1.165) is 30.1 Å². The zero-order valence-electron chi connectivity index (χ0n) is 15.8. The Hall–Kier alpha value is -2.49. The van der Waals surface area contributed by atoms with Crippen LogP contribution in [0.1, 0.15) is 54.9 Å². The van der Waals surface area contributed by atoms with Crippen molar-refractivity contribution in [1.82, 2.24) is 5.32 Å². The van der Waals surface area contributed by atoms with Crippen LogP contribution >= 0.6 is 0 Å². The topological polar surface area (TPSA) is 47.6 Å². The lowest BCUT2D eigenvalue weighted by atomic mass is 10.1. The smallest absolute Gasteiger partial charge is 0.251 e. The molecule has 2 aromatic carbocycles. The van der Waals surface area contributed by atoms with Crippen molar-refractivity contribution < 1.29 is 14.3 Å². The summed E-state index contributed by atoms with van der Waals surface area (Å²) in [5.41, 5.74) is 1.66. The number of hydrogen-bond acceptors (Lipinski definition) is 3. The second-order valence-electron chi connectivity index (χ2n) is 6.32. The van der Waals surface area contributed by atoms with Crippen molar-refractivity contribution in [3.63, 3.8) is 0 Å². The maximum Gasteiger partial charge on any atom is 0.251 e. The normalized spacial score (nSPS) is 10.4. The van der Waals surface area contributed by atoms with E-state index in [4.69, 9.17) is 9.47 Å². The van der Waals surface area contributed by atoms with Gasteiger partial charge in [0.05, 0.1) is 13.7 Å². The van der Waals surface area contributed by atoms with E-state index in [0.29, 0.717) is 12.1 Å². The first kappa shape index (κ1) is 19.8. The molecule has 4 nitrogen and oxygen atoms in total. The minimum absolute atomic E-state index is 0.0908. The number of nitrogens with one attached hydrogen (secondary N) is 1. The predicted molar refractivity (Wildman–Crippen MR) is 105 cm³/mol. The third-order valence-electron chi connectivity index (χ3n) is 4.25. The lowest BCUT2D eigenvalue weighted by molar-refractivity contribution is 0.0951. The van der Waals surface area contributed by atoms with Gasteiger partial charge in [0.2, 0.25) is 0 Å². The molecular formula is C22H29NO3. The van der Waals surface area contributed by atoms with Crippen LogP contribution in [-0.2, 0) is 6.54 Å². The summed E-state index contributed by atoms with van der Waals surface area (Å²) in [6.45, 7) is 3.43. The SMILES string of the molecule is CCCCCCCOc1ccc(C(=O)NCc2ccc(OC)cc2)cc1. The molecule has 1 amide bonds. The van der Waals surface area contributed by atoms with E-state index in [1.54, 1.807) is 19.2 Å². The summed E-state index contributed by atoms with van der Waals surface area (Å²) in [5, 5.41) is 2.92. The summed E-state index contributed by atoms with van der Waals surface area (Å²) in [7, 11) is 1.64. The third kappa shape index (κ3) is 6.79. The molecule has 2 aromatic rings. The maximum atomic E-state index is 12.2. The van der Waals surface area contributed by atoms with Crippen molar-refractivity contribution in [2.24, 2.45) is 0 Å². The molecule has 0 atom stereocenters. The molecule has 0 unspecified atom stereocenters. The monoisotopic (exact) mass is 355 g/mol. The van der Waals surface area contributed by atoms with Crippen LogP contribution in [0.15, 0.2) is 48.5 Å². The fourth-order valence-corrected chi connectivity index (χ4v) is 2.63. The van der Waals surface area contributed by atoms with Crippen LogP contribution in [0.25, 0.3) is 0 Å². The zero-order chi connectivity index (χ0) is 18.6. The molecule has 0 aliphatic carbocycles. The molecule has 2 rings (SSSR count). The third-order valence-corrected chi connectivity index (χ3v) is 4.25. The second-order valence-corrected chi connectivity index (χ2v) is 6.32. The Morgan fingerprint density at radius 1 is 0.885 bits per heavy atom. The van der Waals surface area contributed by atoms with E-state index in [2.05, 4.69) is 12.2 Å². The van der Waals surface area contributed by atoms with Gasteiger partial charge in [-0.15, -0.1) is 0 Å². The number of carbonyl (C=O) groups is 1.